The molecule has 1 amide bonds. The molecule has 34 heavy (non-hydrogen) atoms. The zero-order chi connectivity index (χ0) is 24.1. The maximum Gasteiger partial charge on any atom is 0.278 e. The Labute approximate surface area is 203 Å². The predicted octanol–water partition coefficient (Wildman–Crippen LogP) is 4.06. The van der Waals surface area contributed by atoms with Crippen molar-refractivity contribution in [2.45, 2.75) is 83.8 Å². The Morgan fingerprint density at radius 2 is 2.12 bits per heavy atom. The van der Waals surface area contributed by atoms with E-state index in [0.717, 1.165) is 87.8 Å². The number of amides is 1. The maximum atomic E-state index is 13.0. The lowest BCUT2D eigenvalue weighted by Gasteiger charge is -2.32. The van der Waals surface area contributed by atoms with E-state index >= 15 is 0 Å². The van der Waals surface area contributed by atoms with Crippen molar-refractivity contribution in [3.63, 3.8) is 0 Å². The fraction of sp³-hybridized carbons (Fsp3) is 0.708. The molecule has 3 heterocycles. The standard InChI is InChI=1S/C24H35F2N5O2S/c1-3-31-14-18(13-27-31)12-22(32)28-19-6-4-17(5-7-19)8-10-30-11-9-21-20(15-30)29-23(34-21)33-16-24(2,25)26/h13-14,17,19H,3-12,15-16H2,1-2H3,(H,28,32)/t17-,19-. The van der Waals surface area contributed by atoms with Gasteiger partial charge in [-0.05, 0) is 63.5 Å². The zero-order valence-electron chi connectivity index (χ0n) is 20.1. The molecule has 0 saturated heterocycles. The summed E-state index contributed by atoms with van der Waals surface area (Å²) in [6.45, 7) is 5.81. The lowest BCUT2D eigenvalue weighted by molar-refractivity contribution is -0.121. The van der Waals surface area contributed by atoms with Crippen LogP contribution in [-0.2, 0) is 30.7 Å². The van der Waals surface area contributed by atoms with Crippen LogP contribution in [-0.4, -0.2) is 57.2 Å². The first-order valence-corrected chi connectivity index (χ1v) is 13.1. The average Bonchev–Trinajstić information content (AvgIpc) is 3.42. The van der Waals surface area contributed by atoms with Crippen LogP contribution < -0.4 is 10.1 Å². The third kappa shape index (κ3) is 7.21. The Hall–Kier alpha value is -2.07. The first kappa shape index (κ1) is 25.0. The van der Waals surface area contributed by atoms with E-state index in [1.165, 1.54) is 11.3 Å². The second-order valence-electron chi connectivity index (χ2n) is 9.69. The molecule has 0 radical (unpaired) electrons. The van der Waals surface area contributed by atoms with Crippen molar-refractivity contribution in [2.24, 2.45) is 5.92 Å². The van der Waals surface area contributed by atoms with Gasteiger partial charge in [0.25, 0.3) is 11.1 Å². The lowest BCUT2D eigenvalue weighted by atomic mass is 9.84. The molecule has 2 aromatic heterocycles. The highest BCUT2D eigenvalue weighted by molar-refractivity contribution is 7.13. The summed E-state index contributed by atoms with van der Waals surface area (Å²) in [6, 6.07) is 0.270. The minimum absolute atomic E-state index is 0.0810. The minimum atomic E-state index is -2.85. The summed E-state index contributed by atoms with van der Waals surface area (Å²) in [7, 11) is 0. The summed E-state index contributed by atoms with van der Waals surface area (Å²) < 4.78 is 33.1. The highest BCUT2D eigenvalue weighted by atomic mass is 32.1. The van der Waals surface area contributed by atoms with Crippen LogP contribution in [0, 0.1) is 5.92 Å². The van der Waals surface area contributed by atoms with Crippen LogP contribution in [0.5, 0.6) is 5.19 Å². The normalized spacial score (nSPS) is 21.3. The number of thiazole rings is 1. The van der Waals surface area contributed by atoms with Crippen LogP contribution in [0.3, 0.4) is 0 Å². The monoisotopic (exact) mass is 495 g/mol. The number of hydrogen-bond acceptors (Lipinski definition) is 6. The van der Waals surface area contributed by atoms with E-state index in [2.05, 4.69) is 20.3 Å². The quantitative estimate of drug-likeness (QED) is 0.538. The van der Waals surface area contributed by atoms with Crippen molar-refractivity contribution >= 4 is 17.2 Å². The van der Waals surface area contributed by atoms with Crippen LogP contribution in [0.1, 0.15) is 62.1 Å². The number of aromatic nitrogens is 3. The van der Waals surface area contributed by atoms with Crippen molar-refractivity contribution in [3.8, 4) is 5.19 Å². The van der Waals surface area contributed by atoms with Crippen LogP contribution in [0.25, 0.3) is 0 Å². The SMILES string of the molecule is CCn1cc(CC(=O)N[C@H]2CC[C@H](CCN3CCc4sc(OCC(C)(F)F)nc4C3)CC2)cn1. The fourth-order valence-electron chi connectivity index (χ4n) is 4.77. The Morgan fingerprint density at radius 1 is 1.32 bits per heavy atom. The summed E-state index contributed by atoms with van der Waals surface area (Å²) in [6.07, 6.45) is 10.5. The molecular weight excluding hydrogens is 460 g/mol. The van der Waals surface area contributed by atoms with Crippen LogP contribution in [0.15, 0.2) is 12.4 Å². The number of carbonyl (C=O) groups is 1. The van der Waals surface area contributed by atoms with Gasteiger partial charge in [-0.25, -0.2) is 13.8 Å². The van der Waals surface area contributed by atoms with E-state index in [1.54, 1.807) is 6.20 Å². The summed E-state index contributed by atoms with van der Waals surface area (Å²) in [5, 5.41) is 7.79. The molecule has 0 atom stereocenters. The highest BCUT2D eigenvalue weighted by Crippen LogP contribution is 2.32. The Morgan fingerprint density at radius 3 is 2.82 bits per heavy atom. The van der Waals surface area contributed by atoms with Gasteiger partial charge in [-0.1, -0.05) is 11.3 Å². The molecular formula is C24H35F2N5O2S. The molecule has 4 rings (SSSR count). The molecule has 0 bridgehead atoms. The number of rotatable bonds is 10. The molecule has 10 heteroatoms. The second-order valence-corrected chi connectivity index (χ2v) is 10.7. The van der Waals surface area contributed by atoms with E-state index in [4.69, 9.17) is 4.74 Å². The first-order chi connectivity index (χ1) is 16.3. The molecule has 7 nitrogen and oxygen atoms in total. The lowest BCUT2D eigenvalue weighted by Crippen LogP contribution is -2.39. The second kappa shape index (κ2) is 11.1. The molecule has 2 aromatic rings. The molecule has 0 unspecified atom stereocenters. The smallest absolute Gasteiger partial charge is 0.278 e. The summed E-state index contributed by atoms with van der Waals surface area (Å²) in [4.78, 5) is 20.4. The fourth-order valence-corrected chi connectivity index (χ4v) is 5.67. The van der Waals surface area contributed by atoms with Gasteiger partial charge in [0.1, 0.15) is 0 Å². The molecule has 1 aliphatic heterocycles. The molecule has 2 aliphatic rings. The minimum Gasteiger partial charge on any atom is -0.464 e. The van der Waals surface area contributed by atoms with Crippen molar-refractivity contribution in [2.75, 3.05) is 19.7 Å². The number of halogens is 2. The van der Waals surface area contributed by atoms with E-state index in [-0.39, 0.29) is 11.9 Å². The van der Waals surface area contributed by atoms with Crippen molar-refractivity contribution in [1.29, 1.82) is 0 Å². The van der Waals surface area contributed by atoms with Crippen LogP contribution in [0.4, 0.5) is 8.78 Å². The predicted molar refractivity (Wildman–Crippen MR) is 127 cm³/mol. The number of nitrogens with one attached hydrogen (secondary N) is 1. The average molecular weight is 496 g/mol. The molecule has 0 aromatic carbocycles. The van der Waals surface area contributed by atoms with Gasteiger partial charge >= 0.3 is 0 Å². The van der Waals surface area contributed by atoms with Gasteiger partial charge in [0.05, 0.1) is 18.3 Å². The Balaban J connectivity index is 1.14. The van der Waals surface area contributed by atoms with Crippen molar-refractivity contribution < 1.29 is 18.3 Å². The van der Waals surface area contributed by atoms with Crippen LogP contribution in [0.2, 0.25) is 0 Å². The number of ether oxygens (including phenoxy) is 1. The van der Waals surface area contributed by atoms with Crippen molar-refractivity contribution in [3.05, 3.63) is 28.5 Å². The van der Waals surface area contributed by atoms with Gasteiger partial charge in [-0.15, -0.1) is 0 Å². The molecule has 188 valence electrons. The Bertz CT molecular complexity index is 950. The summed E-state index contributed by atoms with van der Waals surface area (Å²) in [5.41, 5.74) is 1.93. The molecule has 1 N–H and O–H groups in total. The third-order valence-corrected chi connectivity index (χ3v) is 7.75. The van der Waals surface area contributed by atoms with E-state index in [1.807, 2.05) is 17.8 Å². The van der Waals surface area contributed by atoms with E-state index in [0.29, 0.717) is 17.5 Å². The largest absolute Gasteiger partial charge is 0.464 e. The van der Waals surface area contributed by atoms with E-state index < -0.39 is 12.5 Å². The third-order valence-electron chi connectivity index (χ3n) is 6.68. The van der Waals surface area contributed by atoms with Gasteiger partial charge in [0, 0.05) is 43.7 Å². The highest BCUT2D eigenvalue weighted by Gasteiger charge is 2.27. The molecule has 1 fully saturated rings. The maximum absolute atomic E-state index is 13.0. The number of nitrogens with zero attached hydrogens (tertiary/aromatic N) is 4. The van der Waals surface area contributed by atoms with Crippen molar-refractivity contribution in [1.82, 2.24) is 25.0 Å². The van der Waals surface area contributed by atoms with Crippen LogP contribution >= 0.6 is 11.3 Å². The number of fused-ring (bicyclic) bond motifs is 1. The summed E-state index contributed by atoms with van der Waals surface area (Å²) >= 11 is 1.40. The summed E-state index contributed by atoms with van der Waals surface area (Å²) in [5.74, 6) is -2.09. The molecule has 0 spiro atoms. The number of alkyl halides is 2. The van der Waals surface area contributed by atoms with Gasteiger partial charge in [-0.2, -0.15) is 5.10 Å². The molecule has 1 saturated carbocycles. The number of hydrogen-bond donors (Lipinski definition) is 1. The van der Waals surface area contributed by atoms with Gasteiger partial charge < -0.3 is 10.1 Å². The Kier molecular flexibility index (Phi) is 8.18. The van der Waals surface area contributed by atoms with Gasteiger partial charge in [-0.3, -0.25) is 14.4 Å². The number of carbonyl (C=O) groups excluding carboxylic acids is 1. The topological polar surface area (TPSA) is 72.3 Å². The zero-order valence-corrected chi connectivity index (χ0v) is 20.9. The first-order valence-electron chi connectivity index (χ1n) is 12.3. The van der Waals surface area contributed by atoms with Gasteiger partial charge in [0.2, 0.25) is 5.91 Å². The molecule has 1 aliphatic carbocycles. The number of aryl methyl sites for hydroxylation is 1. The van der Waals surface area contributed by atoms with E-state index in [9.17, 15) is 13.6 Å². The van der Waals surface area contributed by atoms with Gasteiger partial charge in [0.15, 0.2) is 6.61 Å².